The van der Waals surface area contributed by atoms with Gasteiger partial charge < -0.3 is 5.11 Å². The molecule has 2 aromatic rings. The summed E-state index contributed by atoms with van der Waals surface area (Å²) in [6.45, 7) is 4.63. The zero-order valence-corrected chi connectivity index (χ0v) is 15.2. The summed E-state index contributed by atoms with van der Waals surface area (Å²) in [5, 5.41) is 15.3. The fourth-order valence-corrected chi connectivity index (χ4v) is 4.16. The van der Waals surface area contributed by atoms with Gasteiger partial charge in [0, 0.05) is 22.3 Å². The van der Waals surface area contributed by atoms with E-state index in [-0.39, 0.29) is 0 Å². The SMILES string of the molecule is CCn1nc(C)c(Cl)c1CC(O)c1cc(Br)c(Br)s1. The van der Waals surface area contributed by atoms with Crippen molar-refractivity contribution in [3.8, 4) is 0 Å². The highest BCUT2D eigenvalue weighted by atomic mass is 79.9. The van der Waals surface area contributed by atoms with Crippen LogP contribution in [0.4, 0.5) is 0 Å². The van der Waals surface area contributed by atoms with Crippen LogP contribution < -0.4 is 0 Å². The molecule has 1 atom stereocenters. The lowest BCUT2D eigenvalue weighted by Gasteiger charge is -2.10. The average molecular weight is 429 g/mol. The lowest BCUT2D eigenvalue weighted by Crippen LogP contribution is -2.08. The fourth-order valence-electron chi connectivity index (χ4n) is 1.88. The van der Waals surface area contributed by atoms with Crippen LogP contribution in [0.3, 0.4) is 0 Å². The number of aliphatic hydroxyl groups excluding tert-OH is 1. The van der Waals surface area contributed by atoms with Crippen LogP contribution in [0.15, 0.2) is 14.3 Å². The first-order valence-corrected chi connectivity index (χ1v) is 8.56. The molecule has 7 heteroatoms. The second kappa shape index (κ2) is 6.26. The molecule has 2 rings (SSSR count). The Morgan fingerprint density at radius 1 is 1.53 bits per heavy atom. The van der Waals surface area contributed by atoms with Gasteiger partial charge in [0.1, 0.15) is 0 Å². The first-order valence-electron chi connectivity index (χ1n) is 5.78. The topological polar surface area (TPSA) is 38.0 Å². The molecule has 0 aliphatic carbocycles. The maximum absolute atomic E-state index is 10.3. The summed E-state index contributed by atoms with van der Waals surface area (Å²) in [4.78, 5) is 0.899. The molecule has 3 nitrogen and oxygen atoms in total. The predicted molar refractivity (Wildman–Crippen MR) is 86.0 cm³/mol. The zero-order valence-electron chi connectivity index (χ0n) is 10.5. The third-order valence-corrected chi connectivity index (χ3v) is 6.68. The van der Waals surface area contributed by atoms with Crippen LogP contribution >= 0.6 is 54.8 Å². The van der Waals surface area contributed by atoms with Crippen LogP contribution in [0.1, 0.15) is 29.3 Å². The van der Waals surface area contributed by atoms with Gasteiger partial charge in [-0.05, 0) is 51.8 Å². The van der Waals surface area contributed by atoms with Crippen molar-refractivity contribution in [2.45, 2.75) is 32.9 Å². The molecular formula is C12H13Br2ClN2OS. The molecule has 0 bridgehead atoms. The van der Waals surface area contributed by atoms with E-state index in [1.165, 1.54) is 11.3 Å². The van der Waals surface area contributed by atoms with E-state index >= 15 is 0 Å². The van der Waals surface area contributed by atoms with E-state index in [0.29, 0.717) is 11.4 Å². The Morgan fingerprint density at radius 3 is 2.74 bits per heavy atom. The summed E-state index contributed by atoms with van der Waals surface area (Å²) in [6, 6.07) is 1.92. The van der Waals surface area contributed by atoms with E-state index in [1.54, 1.807) is 0 Å². The van der Waals surface area contributed by atoms with E-state index in [0.717, 1.165) is 31.1 Å². The van der Waals surface area contributed by atoms with E-state index in [9.17, 15) is 5.11 Å². The molecule has 0 fully saturated rings. The summed E-state index contributed by atoms with van der Waals surface area (Å²) < 4.78 is 3.78. The van der Waals surface area contributed by atoms with Crippen LogP contribution in [-0.2, 0) is 13.0 Å². The third-order valence-electron chi connectivity index (χ3n) is 2.83. The maximum atomic E-state index is 10.3. The quantitative estimate of drug-likeness (QED) is 0.765. The van der Waals surface area contributed by atoms with Gasteiger partial charge in [0.15, 0.2) is 0 Å². The summed E-state index contributed by atoms with van der Waals surface area (Å²) in [6.07, 6.45) is -0.112. The van der Waals surface area contributed by atoms with Crippen molar-refractivity contribution in [2.24, 2.45) is 0 Å². The van der Waals surface area contributed by atoms with Gasteiger partial charge in [-0.25, -0.2) is 0 Å². The highest BCUT2D eigenvalue weighted by Gasteiger charge is 2.19. The largest absolute Gasteiger partial charge is 0.387 e. The molecule has 1 unspecified atom stereocenters. The normalized spacial score (nSPS) is 12.9. The van der Waals surface area contributed by atoms with Gasteiger partial charge in [-0.2, -0.15) is 5.10 Å². The minimum Gasteiger partial charge on any atom is -0.387 e. The second-order valence-corrected chi connectivity index (χ2v) is 7.79. The number of hydrogen-bond donors (Lipinski definition) is 1. The lowest BCUT2D eigenvalue weighted by atomic mass is 10.1. The fraction of sp³-hybridized carbons (Fsp3) is 0.417. The molecule has 0 amide bonds. The van der Waals surface area contributed by atoms with Gasteiger partial charge >= 0.3 is 0 Å². The summed E-state index contributed by atoms with van der Waals surface area (Å²) in [5.41, 5.74) is 1.69. The number of rotatable bonds is 4. The number of thiophene rings is 1. The van der Waals surface area contributed by atoms with Gasteiger partial charge in [-0.1, -0.05) is 11.6 Å². The van der Waals surface area contributed by atoms with E-state index in [1.807, 2.05) is 24.6 Å². The number of aliphatic hydroxyl groups is 1. The van der Waals surface area contributed by atoms with Crippen molar-refractivity contribution in [3.63, 3.8) is 0 Å². The van der Waals surface area contributed by atoms with Crippen molar-refractivity contribution in [3.05, 3.63) is 35.6 Å². The zero-order chi connectivity index (χ0) is 14.2. The minimum atomic E-state index is -0.577. The van der Waals surface area contributed by atoms with Crippen LogP contribution in [0.2, 0.25) is 5.02 Å². The first-order chi connectivity index (χ1) is 8.93. The number of halogens is 3. The number of hydrogen-bond acceptors (Lipinski definition) is 3. The summed E-state index contributed by atoms with van der Waals surface area (Å²) in [7, 11) is 0. The molecule has 0 saturated carbocycles. The van der Waals surface area contributed by atoms with Gasteiger partial charge in [0.2, 0.25) is 0 Å². The Morgan fingerprint density at radius 2 is 2.21 bits per heavy atom. The molecule has 104 valence electrons. The molecule has 0 radical (unpaired) electrons. The van der Waals surface area contributed by atoms with Gasteiger partial charge in [0.05, 0.1) is 26.3 Å². The Bertz CT molecular complexity index is 577. The monoisotopic (exact) mass is 426 g/mol. The van der Waals surface area contributed by atoms with Gasteiger partial charge in [-0.3, -0.25) is 4.68 Å². The van der Waals surface area contributed by atoms with Gasteiger partial charge in [-0.15, -0.1) is 11.3 Å². The minimum absolute atomic E-state index is 0.465. The van der Waals surface area contributed by atoms with Crippen molar-refractivity contribution < 1.29 is 5.11 Å². The van der Waals surface area contributed by atoms with Gasteiger partial charge in [0.25, 0.3) is 0 Å². The van der Waals surface area contributed by atoms with E-state index < -0.39 is 6.10 Å². The van der Waals surface area contributed by atoms with Crippen LogP contribution in [0.5, 0.6) is 0 Å². The number of aromatic nitrogens is 2. The van der Waals surface area contributed by atoms with Crippen LogP contribution in [0.25, 0.3) is 0 Å². The van der Waals surface area contributed by atoms with Crippen molar-refractivity contribution in [2.75, 3.05) is 0 Å². The highest BCUT2D eigenvalue weighted by molar-refractivity contribution is 9.13. The second-order valence-electron chi connectivity index (χ2n) is 4.15. The molecule has 19 heavy (non-hydrogen) atoms. The van der Waals surface area contributed by atoms with E-state index in [2.05, 4.69) is 37.0 Å². The first kappa shape index (κ1) is 15.5. The molecule has 0 aliphatic heterocycles. The van der Waals surface area contributed by atoms with Crippen molar-refractivity contribution >= 4 is 54.8 Å². The standard InChI is InChI=1S/C12H13Br2ClN2OS/c1-3-17-8(11(15)6(2)16-17)5-9(18)10-4-7(13)12(14)19-10/h4,9,18H,3,5H2,1-2H3. The molecule has 0 aliphatic rings. The Kier molecular flexibility index (Phi) is 5.11. The Labute approximate surface area is 137 Å². The molecule has 0 saturated heterocycles. The third kappa shape index (κ3) is 3.24. The molecule has 0 spiro atoms. The molecular weight excluding hydrogens is 415 g/mol. The lowest BCUT2D eigenvalue weighted by molar-refractivity contribution is 0.179. The van der Waals surface area contributed by atoms with Crippen LogP contribution in [-0.4, -0.2) is 14.9 Å². The van der Waals surface area contributed by atoms with E-state index in [4.69, 9.17) is 11.6 Å². The maximum Gasteiger partial charge on any atom is 0.0938 e. The molecule has 1 N–H and O–H groups in total. The average Bonchev–Trinajstić information content (AvgIpc) is 2.84. The number of aryl methyl sites for hydroxylation is 2. The molecule has 2 heterocycles. The smallest absolute Gasteiger partial charge is 0.0938 e. The summed E-state index contributed by atoms with van der Waals surface area (Å²) in [5.74, 6) is 0. The highest BCUT2D eigenvalue weighted by Crippen LogP contribution is 2.37. The molecule has 2 aromatic heterocycles. The van der Waals surface area contributed by atoms with Crippen molar-refractivity contribution in [1.29, 1.82) is 0 Å². The predicted octanol–water partition coefficient (Wildman–Crippen LogP) is 4.73. The van der Waals surface area contributed by atoms with Crippen LogP contribution in [0, 0.1) is 6.92 Å². The molecule has 0 aromatic carbocycles. The number of nitrogens with zero attached hydrogens (tertiary/aromatic N) is 2. The Hall–Kier alpha value is 0.120. The summed E-state index contributed by atoms with van der Waals surface area (Å²) >= 11 is 14.6. The Balaban J connectivity index is 2.25. The van der Waals surface area contributed by atoms with Crippen molar-refractivity contribution in [1.82, 2.24) is 9.78 Å².